The van der Waals surface area contributed by atoms with Crippen molar-refractivity contribution >= 4 is 24.3 Å². The summed E-state index contributed by atoms with van der Waals surface area (Å²) in [7, 11) is 1.18. The molecule has 0 aliphatic rings. The summed E-state index contributed by atoms with van der Waals surface area (Å²) in [5, 5.41) is 11.2. The van der Waals surface area contributed by atoms with Gasteiger partial charge in [0.2, 0.25) is 11.8 Å². The van der Waals surface area contributed by atoms with E-state index in [1.807, 2.05) is 0 Å². The normalized spacial score (nSPS) is 10.7. The third-order valence-corrected chi connectivity index (χ3v) is 2.04. The SMILES string of the molecule is COc1nc(NC(=O)OC(C)(C)C)nc(C=O)c1C(=O)O. The number of hydrogen-bond acceptors (Lipinski definition) is 7. The molecule has 0 aliphatic carbocycles. The number of hydrogen-bond donors (Lipinski definition) is 2. The third kappa shape index (κ3) is 4.41. The predicted octanol–water partition coefficient (Wildman–Crippen LogP) is 1.34. The molecule has 0 atom stereocenters. The van der Waals surface area contributed by atoms with E-state index in [1.54, 1.807) is 20.8 Å². The van der Waals surface area contributed by atoms with Crippen molar-refractivity contribution < 1.29 is 29.0 Å². The second kappa shape index (κ2) is 6.16. The highest BCUT2D eigenvalue weighted by Gasteiger charge is 2.23. The van der Waals surface area contributed by atoms with Crippen molar-refractivity contribution in [1.82, 2.24) is 9.97 Å². The van der Waals surface area contributed by atoms with Crippen LogP contribution in [-0.4, -0.2) is 46.1 Å². The maximum atomic E-state index is 11.6. The highest BCUT2D eigenvalue weighted by Crippen LogP contribution is 2.20. The fourth-order valence-corrected chi connectivity index (χ4v) is 1.34. The first-order chi connectivity index (χ1) is 9.67. The number of carbonyl (C=O) groups excluding carboxylic acids is 2. The number of aromatic carboxylic acids is 1. The summed E-state index contributed by atoms with van der Waals surface area (Å²) in [5.74, 6) is -2.06. The van der Waals surface area contributed by atoms with Crippen LogP contribution in [0.2, 0.25) is 0 Å². The van der Waals surface area contributed by atoms with Gasteiger partial charge < -0.3 is 14.6 Å². The van der Waals surface area contributed by atoms with Crippen molar-refractivity contribution in [3.63, 3.8) is 0 Å². The lowest BCUT2D eigenvalue weighted by Crippen LogP contribution is -2.28. The molecule has 0 radical (unpaired) electrons. The maximum Gasteiger partial charge on any atom is 0.414 e. The van der Waals surface area contributed by atoms with Gasteiger partial charge in [-0.05, 0) is 20.8 Å². The Balaban J connectivity index is 3.13. The van der Waals surface area contributed by atoms with Crippen LogP contribution in [0.1, 0.15) is 41.6 Å². The molecule has 9 heteroatoms. The van der Waals surface area contributed by atoms with Gasteiger partial charge in [0.1, 0.15) is 11.3 Å². The average molecular weight is 297 g/mol. The van der Waals surface area contributed by atoms with Crippen LogP contribution in [-0.2, 0) is 4.74 Å². The van der Waals surface area contributed by atoms with Gasteiger partial charge in [-0.3, -0.25) is 10.1 Å². The molecule has 21 heavy (non-hydrogen) atoms. The first-order valence-electron chi connectivity index (χ1n) is 5.82. The van der Waals surface area contributed by atoms with Gasteiger partial charge in [0.15, 0.2) is 11.8 Å². The first-order valence-corrected chi connectivity index (χ1v) is 5.82. The van der Waals surface area contributed by atoms with Gasteiger partial charge in [-0.25, -0.2) is 14.6 Å². The molecule has 114 valence electrons. The Morgan fingerprint density at radius 3 is 2.33 bits per heavy atom. The molecule has 0 spiro atoms. The standard InChI is InChI=1S/C12H15N3O6/c1-12(2,3)21-11(19)15-10-13-6(5-16)7(9(17)18)8(14-10)20-4/h5H,1-4H3,(H,17,18)(H,13,14,15,19). The number of carboxylic acids is 1. The zero-order valence-corrected chi connectivity index (χ0v) is 12.0. The molecule has 0 saturated heterocycles. The van der Waals surface area contributed by atoms with Crippen molar-refractivity contribution in [3.05, 3.63) is 11.3 Å². The number of amides is 1. The number of nitrogens with one attached hydrogen (secondary N) is 1. The molecule has 1 amide bonds. The van der Waals surface area contributed by atoms with Crippen molar-refractivity contribution in [2.24, 2.45) is 0 Å². The Hall–Kier alpha value is -2.71. The van der Waals surface area contributed by atoms with Crippen molar-refractivity contribution in [2.45, 2.75) is 26.4 Å². The summed E-state index contributed by atoms with van der Waals surface area (Å²) in [6.07, 6.45) is -0.613. The summed E-state index contributed by atoms with van der Waals surface area (Å²) in [6, 6.07) is 0. The molecule has 1 aromatic heterocycles. The van der Waals surface area contributed by atoms with Gasteiger partial charge in [0, 0.05) is 0 Å². The van der Waals surface area contributed by atoms with Gasteiger partial charge in [-0.15, -0.1) is 0 Å². The van der Waals surface area contributed by atoms with Crippen molar-refractivity contribution in [3.8, 4) is 5.88 Å². The van der Waals surface area contributed by atoms with E-state index < -0.39 is 28.9 Å². The van der Waals surface area contributed by atoms with Crippen LogP contribution in [0.5, 0.6) is 5.88 Å². The molecule has 0 saturated carbocycles. The minimum absolute atomic E-state index is 0.230. The third-order valence-electron chi connectivity index (χ3n) is 2.04. The number of aldehydes is 1. The number of rotatable bonds is 4. The molecule has 0 unspecified atom stereocenters. The maximum absolute atomic E-state index is 11.6. The average Bonchev–Trinajstić information content (AvgIpc) is 2.34. The van der Waals surface area contributed by atoms with Gasteiger partial charge in [-0.2, -0.15) is 4.98 Å². The molecule has 0 bridgehead atoms. The number of anilines is 1. The quantitative estimate of drug-likeness (QED) is 0.797. The van der Waals surface area contributed by atoms with Gasteiger partial charge in [0.05, 0.1) is 7.11 Å². The highest BCUT2D eigenvalue weighted by atomic mass is 16.6. The minimum atomic E-state index is -1.42. The van der Waals surface area contributed by atoms with Crippen LogP contribution in [0.3, 0.4) is 0 Å². The topological polar surface area (TPSA) is 128 Å². The van der Waals surface area contributed by atoms with E-state index >= 15 is 0 Å². The molecule has 0 aliphatic heterocycles. The zero-order valence-electron chi connectivity index (χ0n) is 12.0. The molecule has 2 N–H and O–H groups in total. The van der Waals surface area contributed by atoms with Gasteiger partial charge in [-0.1, -0.05) is 0 Å². The van der Waals surface area contributed by atoms with Crippen LogP contribution in [0.25, 0.3) is 0 Å². The molecule has 0 aromatic carbocycles. The minimum Gasteiger partial charge on any atom is -0.480 e. The van der Waals surface area contributed by atoms with E-state index in [4.69, 9.17) is 14.6 Å². The molecule has 1 aromatic rings. The lowest BCUT2D eigenvalue weighted by molar-refractivity contribution is 0.0633. The Bertz CT molecular complexity index is 579. The number of carboxylic acid groups (broad SMARTS) is 1. The Labute approximate surface area is 120 Å². The van der Waals surface area contributed by atoms with Crippen LogP contribution < -0.4 is 10.1 Å². The summed E-state index contributed by atoms with van der Waals surface area (Å²) < 4.78 is 9.78. The molecular weight excluding hydrogens is 282 g/mol. The molecule has 9 nitrogen and oxygen atoms in total. The molecule has 1 heterocycles. The number of ether oxygens (including phenoxy) is 2. The molecule has 1 rings (SSSR count). The highest BCUT2D eigenvalue weighted by molar-refractivity contribution is 5.98. The molecule has 0 fully saturated rings. The summed E-state index contributed by atoms with van der Waals surface area (Å²) in [6.45, 7) is 5.00. The lowest BCUT2D eigenvalue weighted by Gasteiger charge is -2.19. The lowest BCUT2D eigenvalue weighted by atomic mass is 10.2. The number of aromatic nitrogens is 2. The van der Waals surface area contributed by atoms with E-state index in [1.165, 1.54) is 7.11 Å². The number of methoxy groups -OCH3 is 1. The van der Waals surface area contributed by atoms with Crippen LogP contribution in [0.15, 0.2) is 0 Å². The number of nitrogens with zero attached hydrogens (tertiary/aromatic N) is 2. The largest absolute Gasteiger partial charge is 0.480 e. The molecular formula is C12H15N3O6. The second-order valence-electron chi connectivity index (χ2n) is 4.87. The number of carbonyl (C=O) groups is 3. The van der Waals surface area contributed by atoms with E-state index in [0.29, 0.717) is 0 Å². The Morgan fingerprint density at radius 1 is 1.29 bits per heavy atom. The monoisotopic (exact) mass is 297 g/mol. The Morgan fingerprint density at radius 2 is 1.90 bits per heavy atom. The van der Waals surface area contributed by atoms with Crippen molar-refractivity contribution in [2.75, 3.05) is 12.4 Å². The van der Waals surface area contributed by atoms with Crippen LogP contribution >= 0.6 is 0 Å². The fourth-order valence-electron chi connectivity index (χ4n) is 1.34. The van der Waals surface area contributed by atoms with E-state index in [2.05, 4.69) is 15.3 Å². The fraction of sp³-hybridized carbons (Fsp3) is 0.417. The summed E-state index contributed by atoms with van der Waals surface area (Å²) >= 11 is 0. The van der Waals surface area contributed by atoms with Crippen LogP contribution in [0, 0.1) is 0 Å². The van der Waals surface area contributed by atoms with Crippen molar-refractivity contribution in [1.29, 1.82) is 0 Å². The summed E-state index contributed by atoms with van der Waals surface area (Å²) in [4.78, 5) is 40.9. The van der Waals surface area contributed by atoms with Crippen LogP contribution in [0.4, 0.5) is 10.7 Å². The van der Waals surface area contributed by atoms with Gasteiger partial charge in [0.25, 0.3) is 0 Å². The predicted molar refractivity (Wildman–Crippen MR) is 70.8 cm³/mol. The van der Waals surface area contributed by atoms with E-state index in [0.717, 1.165) is 0 Å². The second-order valence-corrected chi connectivity index (χ2v) is 4.87. The van der Waals surface area contributed by atoms with E-state index in [9.17, 15) is 14.4 Å². The summed E-state index contributed by atoms with van der Waals surface area (Å²) in [5.41, 5.74) is -1.63. The van der Waals surface area contributed by atoms with Gasteiger partial charge >= 0.3 is 12.1 Å². The van der Waals surface area contributed by atoms with E-state index in [-0.39, 0.29) is 18.1 Å². The first kappa shape index (κ1) is 16.3. The smallest absolute Gasteiger partial charge is 0.414 e. The Kier molecular flexibility index (Phi) is 4.79. The zero-order chi connectivity index (χ0) is 16.2.